The van der Waals surface area contributed by atoms with Crippen LogP contribution in [0.2, 0.25) is 4.82 Å². The van der Waals surface area contributed by atoms with Crippen molar-refractivity contribution in [2.24, 2.45) is 16.7 Å². The van der Waals surface area contributed by atoms with Gasteiger partial charge >= 0.3 is 150 Å². The van der Waals surface area contributed by atoms with Crippen molar-refractivity contribution in [3.05, 3.63) is 30.3 Å². The Morgan fingerprint density at radius 3 is 2.42 bits per heavy atom. The zero-order chi connectivity index (χ0) is 17.0. The summed E-state index contributed by atoms with van der Waals surface area (Å²) in [5.41, 5.74) is -0.290. The summed E-state index contributed by atoms with van der Waals surface area (Å²) in [6.07, 6.45) is 2.94. The normalized spacial score (nSPS) is 40.9. The topological polar surface area (TPSA) is 35.5 Å². The van der Waals surface area contributed by atoms with E-state index in [9.17, 15) is 4.79 Å². The van der Waals surface area contributed by atoms with E-state index in [2.05, 4.69) is 45.0 Å². The van der Waals surface area contributed by atoms with Crippen LogP contribution in [0.3, 0.4) is 0 Å². The van der Waals surface area contributed by atoms with Gasteiger partial charge in [-0.1, -0.05) is 0 Å². The van der Waals surface area contributed by atoms with E-state index < -0.39 is 5.79 Å². The van der Waals surface area contributed by atoms with Gasteiger partial charge in [0.2, 0.25) is 0 Å². The van der Waals surface area contributed by atoms with Gasteiger partial charge in [-0.3, -0.25) is 0 Å². The van der Waals surface area contributed by atoms with Crippen LogP contribution in [0, 0.1) is 16.7 Å². The monoisotopic (exact) mass is 394 g/mol. The van der Waals surface area contributed by atoms with Crippen LogP contribution in [-0.4, -0.2) is 39.7 Å². The van der Waals surface area contributed by atoms with Crippen molar-refractivity contribution in [3.8, 4) is 0 Å². The third kappa shape index (κ3) is 2.20. The SMILES string of the molecule is C[C@@H]1C2(CC[C@@]3(C)CC([Se]c4ccccc4)C(=O)[C@@]13C)OCCO2. The summed E-state index contributed by atoms with van der Waals surface area (Å²) >= 11 is 0.200. The van der Waals surface area contributed by atoms with Gasteiger partial charge in [-0.25, -0.2) is 0 Å². The van der Waals surface area contributed by atoms with Gasteiger partial charge in [0.25, 0.3) is 0 Å². The first kappa shape index (κ1) is 16.8. The van der Waals surface area contributed by atoms with E-state index in [1.165, 1.54) is 4.46 Å². The Balaban J connectivity index is 1.65. The van der Waals surface area contributed by atoms with E-state index in [0.29, 0.717) is 19.0 Å². The van der Waals surface area contributed by atoms with Crippen molar-refractivity contribution in [2.45, 2.75) is 50.6 Å². The van der Waals surface area contributed by atoms with Crippen LogP contribution in [-0.2, 0) is 14.3 Å². The summed E-state index contributed by atoms with van der Waals surface area (Å²) in [7, 11) is 0. The molecule has 3 aliphatic rings. The molecule has 0 aromatic heterocycles. The van der Waals surface area contributed by atoms with Crippen molar-refractivity contribution in [1.29, 1.82) is 0 Å². The standard InChI is InChI=1S/C20H26O3Se/c1-14-19(3)17(21)16(24-15-7-5-4-6-8-15)13-18(19,2)9-10-20(14)22-11-12-23-20/h4-8,14,16H,9-13H2,1-3H3/t14-,16?,18-,19+/m0/s1. The van der Waals surface area contributed by atoms with Crippen LogP contribution in [0.4, 0.5) is 0 Å². The van der Waals surface area contributed by atoms with E-state index >= 15 is 0 Å². The predicted molar refractivity (Wildman–Crippen MR) is 94.5 cm³/mol. The summed E-state index contributed by atoms with van der Waals surface area (Å²) in [6.45, 7) is 8.00. The molecular weight excluding hydrogens is 367 g/mol. The molecule has 2 aliphatic carbocycles. The molecule has 1 spiro atoms. The third-order valence-corrected chi connectivity index (χ3v) is 9.58. The summed E-state index contributed by atoms with van der Waals surface area (Å²) in [4.78, 5) is 13.7. The summed E-state index contributed by atoms with van der Waals surface area (Å²) in [5.74, 6) is 0.0216. The Hall–Kier alpha value is -0.671. The fourth-order valence-electron chi connectivity index (χ4n) is 5.17. The Bertz CT molecular complexity index is 640. The number of Topliss-reactive ketones (excluding diaryl/α,β-unsaturated/α-hetero) is 1. The maximum atomic E-state index is 13.5. The molecule has 24 heavy (non-hydrogen) atoms. The molecule has 3 fully saturated rings. The first-order valence-corrected chi connectivity index (χ1v) is 10.8. The first-order valence-electron chi connectivity index (χ1n) is 8.95. The molecule has 2 saturated carbocycles. The molecule has 0 amide bonds. The molecule has 0 N–H and O–H groups in total. The Labute approximate surface area is 150 Å². The molecular formula is C20H26O3Se. The number of ketones is 1. The van der Waals surface area contributed by atoms with E-state index in [4.69, 9.17) is 9.47 Å². The third-order valence-electron chi connectivity index (χ3n) is 7.04. The molecule has 4 atom stereocenters. The number of hydrogen-bond donors (Lipinski definition) is 0. The molecule has 0 radical (unpaired) electrons. The zero-order valence-electron chi connectivity index (χ0n) is 14.7. The fourth-order valence-corrected chi connectivity index (χ4v) is 8.21. The van der Waals surface area contributed by atoms with Gasteiger partial charge in [-0.2, -0.15) is 0 Å². The molecule has 1 saturated heterocycles. The van der Waals surface area contributed by atoms with E-state index in [1.807, 2.05) is 6.07 Å². The second kappa shape index (κ2) is 5.67. The minimum absolute atomic E-state index is 0.0608. The van der Waals surface area contributed by atoms with Crippen LogP contribution in [0.25, 0.3) is 0 Å². The zero-order valence-corrected chi connectivity index (χ0v) is 16.4. The van der Waals surface area contributed by atoms with Gasteiger partial charge < -0.3 is 0 Å². The average molecular weight is 393 g/mol. The molecule has 1 aliphatic heterocycles. The number of carbonyl (C=O) groups is 1. The van der Waals surface area contributed by atoms with Crippen LogP contribution >= 0.6 is 0 Å². The molecule has 4 heteroatoms. The van der Waals surface area contributed by atoms with Gasteiger partial charge in [0, 0.05) is 0 Å². The van der Waals surface area contributed by atoms with Gasteiger partial charge in [0.05, 0.1) is 0 Å². The van der Waals surface area contributed by atoms with Gasteiger partial charge in [0.15, 0.2) is 0 Å². The number of rotatable bonds is 2. The molecule has 3 nitrogen and oxygen atoms in total. The van der Waals surface area contributed by atoms with Crippen molar-refractivity contribution in [3.63, 3.8) is 0 Å². The van der Waals surface area contributed by atoms with E-state index in [0.717, 1.165) is 19.3 Å². The van der Waals surface area contributed by atoms with E-state index in [1.54, 1.807) is 0 Å². The molecule has 4 rings (SSSR count). The number of ether oxygens (including phenoxy) is 2. The van der Waals surface area contributed by atoms with Crippen molar-refractivity contribution in [1.82, 2.24) is 0 Å². The van der Waals surface area contributed by atoms with Crippen LogP contribution in [0.5, 0.6) is 0 Å². The van der Waals surface area contributed by atoms with Gasteiger partial charge in [0.1, 0.15) is 0 Å². The second-order valence-corrected chi connectivity index (χ2v) is 10.7. The fraction of sp³-hybridized carbons (Fsp3) is 0.650. The van der Waals surface area contributed by atoms with E-state index in [-0.39, 0.29) is 36.5 Å². The number of fused-ring (bicyclic) bond motifs is 1. The van der Waals surface area contributed by atoms with Crippen molar-refractivity contribution >= 4 is 25.2 Å². The summed E-state index contributed by atoms with van der Waals surface area (Å²) in [5, 5.41) is 0. The first-order chi connectivity index (χ1) is 11.4. The quantitative estimate of drug-likeness (QED) is 0.725. The molecule has 130 valence electrons. The number of benzene rings is 1. The Morgan fingerprint density at radius 2 is 1.75 bits per heavy atom. The van der Waals surface area contributed by atoms with Crippen molar-refractivity contribution in [2.75, 3.05) is 13.2 Å². The molecule has 1 unspecified atom stereocenters. The van der Waals surface area contributed by atoms with Crippen LogP contribution < -0.4 is 4.46 Å². The second-order valence-electron chi connectivity index (χ2n) is 7.98. The molecule has 1 heterocycles. The van der Waals surface area contributed by atoms with Crippen molar-refractivity contribution < 1.29 is 14.3 Å². The van der Waals surface area contributed by atoms with Gasteiger partial charge in [-0.15, -0.1) is 0 Å². The number of hydrogen-bond acceptors (Lipinski definition) is 3. The van der Waals surface area contributed by atoms with Gasteiger partial charge in [-0.05, 0) is 0 Å². The molecule has 1 aromatic carbocycles. The van der Waals surface area contributed by atoms with Crippen LogP contribution in [0.15, 0.2) is 30.3 Å². The Kier molecular flexibility index (Phi) is 3.96. The molecule has 1 aromatic rings. The summed E-state index contributed by atoms with van der Waals surface area (Å²) < 4.78 is 13.4. The maximum absolute atomic E-state index is 13.5. The average Bonchev–Trinajstić information content (AvgIpc) is 3.13. The minimum atomic E-state index is -0.529. The summed E-state index contributed by atoms with van der Waals surface area (Å²) in [6, 6.07) is 10.5. The van der Waals surface area contributed by atoms with Crippen LogP contribution in [0.1, 0.15) is 40.0 Å². The molecule has 0 bridgehead atoms. The number of carbonyl (C=O) groups excluding carboxylic acids is 1. The predicted octanol–water partition coefficient (Wildman–Crippen LogP) is 2.96. The Morgan fingerprint density at radius 1 is 1.08 bits per heavy atom.